The van der Waals surface area contributed by atoms with Gasteiger partial charge in [0.15, 0.2) is 0 Å². The van der Waals surface area contributed by atoms with Gasteiger partial charge in [-0.1, -0.05) is 35.1 Å². The fourth-order valence-electron chi connectivity index (χ4n) is 2.98. The Morgan fingerprint density at radius 2 is 1.92 bits per heavy atom. The Morgan fingerprint density at radius 1 is 1.21 bits per heavy atom. The largest absolute Gasteiger partial charge is 0.341 e. The van der Waals surface area contributed by atoms with E-state index in [2.05, 4.69) is 39.6 Å². The second-order valence-electron chi connectivity index (χ2n) is 5.98. The van der Waals surface area contributed by atoms with Crippen LogP contribution in [0.5, 0.6) is 0 Å². The van der Waals surface area contributed by atoms with Gasteiger partial charge < -0.3 is 10.2 Å². The van der Waals surface area contributed by atoms with Crippen LogP contribution in [0.1, 0.15) is 33.1 Å². The minimum absolute atomic E-state index is 0.384. The number of hydrogen-bond acceptors (Lipinski definition) is 5. The maximum absolute atomic E-state index is 12.1. The fourth-order valence-corrected chi connectivity index (χ4v) is 4.11. The van der Waals surface area contributed by atoms with Gasteiger partial charge >= 0.3 is 6.03 Å². The molecule has 0 unspecified atom stereocenters. The Hall–Kier alpha value is -1.86. The lowest BCUT2D eigenvalue weighted by Gasteiger charge is -2.38. The van der Waals surface area contributed by atoms with E-state index in [4.69, 9.17) is 11.6 Å². The van der Waals surface area contributed by atoms with Crippen molar-refractivity contribution in [3.8, 4) is 0 Å². The van der Waals surface area contributed by atoms with Crippen molar-refractivity contribution in [2.75, 3.05) is 15.5 Å². The van der Waals surface area contributed by atoms with Gasteiger partial charge in [0.1, 0.15) is 0 Å². The molecule has 6 nitrogen and oxygen atoms in total. The van der Waals surface area contributed by atoms with Gasteiger partial charge in [0.05, 0.1) is 10.7 Å². The van der Waals surface area contributed by atoms with Gasteiger partial charge in [-0.2, -0.15) is 0 Å². The minimum Gasteiger partial charge on any atom is -0.341 e. The van der Waals surface area contributed by atoms with Crippen LogP contribution in [0.3, 0.4) is 0 Å². The molecule has 2 heterocycles. The van der Waals surface area contributed by atoms with E-state index in [9.17, 15) is 4.79 Å². The molecule has 128 valence electrons. The first-order valence-corrected chi connectivity index (χ1v) is 9.18. The topological polar surface area (TPSA) is 70.2 Å². The Bertz CT molecular complexity index is 712. The molecule has 0 saturated carbocycles. The molecule has 2 atom stereocenters. The lowest BCUT2D eigenvalue weighted by molar-refractivity contribution is 0.262. The number of carbonyl (C=O) groups is 1. The van der Waals surface area contributed by atoms with Gasteiger partial charge in [0.25, 0.3) is 0 Å². The van der Waals surface area contributed by atoms with Crippen LogP contribution in [0.15, 0.2) is 24.3 Å². The zero-order chi connectivity index (χ0) is 17.1. The van der Waals surface area contributed by atoms with E-state index in [1.807, 2.05) is 12.1 Å². The SMILES string of the molecule is C[C@@H]1CCC[C@@H](C)N1c1nnc(NC(=O)Nc2ccccc2Cl)s1. The Kier molecular flexibility index (Phi) is 5.20. The number of nitrogens with one attached hydrogen (secondary N) is 2. The van der Waals surface area contributed by atoms with Gasteiger partial charge in [-0.05, 0) is 45.2 Å². The molecule has 1 aromatic carbocycles. The molecule has 1 aliphatic heterocycles. The first-order valence-electron chi connectivity index (χ1n) is 7.99. The second-order valence-corrected chi connectivity index (χ2v) is 7.35. The predicted molar refractivity (Wildman–Crippen MR) is 99.3 cm³/mol. The number of piperidine rings is 1. The molecule has 1 aromatic heterocycles. The summed E-state index contributed by atoms with van der Waals surface area (Å²) in [7, 11) is 0. The number of rotatable bonds is 3. The highest BCUT2D eigenvalue weighted by Gasteiger charge is 2.27. The number of amides is 2. The van der Waals surface area contributed by atoms with Crippen molar-refractivity contribution in [3.05, 3.63) is 29.3 Å². The van der Waals surface area contributed by atoms with Crippen molar-refractivity contribution in [1.29, 1.82) is 0 Å². The zero-order valence-corrected chi connectivity index (χ0v) is 15.2. The van der Waals surface area contributed by atoms with Crippen LogP contribution < -0.4 is 15.5 Å². The van der Waals surface area contributed by atoms with Gasteiger partial charge in [-0.3, -0.25) is 5.32 Å². The summed E-state index contributed by atoms with van der Waals surface area (Å²) < 4.78 is 0. The predicted octanol–water partition coefficient (Wildman–Crippen LogP) is 4.60. The summed E-state index contributed by atoms with van der Waals surface area (Å²) in [6.07, 6.45) is 3.54. The van der Waals surface area contributed by atoms with E-state index in [0.29, 0.717) is 27.9 Å². The Balaban J connectivity index is 1.65. The van der Waals surface area contributed by atoms with Crippen LogP contribution in [0, 0.1) is 0 Å². The van der Waals surface area contributed by atoms with Gasteiger partial charge in [0, 0.05) is 12.1 Å². The van der Waals surface area contributed by atoms with E-state index in [1.54, 1.807) is 12.1 Å². The second kappa shape index (κ2) is 7.36. The number of hydrogen-bond donors (Lipinski definition) is 2. The van der Waals surface area contributed by atoms with Gasteiger partial charge in [-0.25, -0.2) is 4.79 Å². The smallest absolute Gasteiger partial charge is 0.325 e. The molecule has 0 bridgehead atoms. The molecule has 1 fully saturated rings. The Morgan fingerprint density at radius 3 is 2.62 bits per heavy atom. The molecular weight excluding hydrogens is 346 g/mol. The summed E-state index contributed by atoms with van der Waals surface area (Å²) in [6, 6.07) is 7.57. The average molecular weight is 366 g/mol. The van der Waals surface area contributed by atoms with E-state index < -0.39 is 0 Å². The first-order chi connectivity index (χ1) is 11.5. The van der Waals surface area contributed by atoms with Crippen LogP contribution >= 0.6 is 22.9 Å². The maximum Gasteiger partial charge on any atom is 0.325 e. The summed E-state index contributed by atoms with van der Waals surface area (Å²) in [5, 5.41) is 15.6. The van der Waals surface area contributed by atoms with E-state index in [-0.39, 0.29) is 6.03 Å². The maximum atomic E-state index is 12.1. The number of benzene rings is 1. The highest BCUT2D eigenvalue weighted by Crippen LogP contribution is 2.32. The van der Waals surface area contributed by atoms with E-state index in [1.165, 1.54) is 17.8 Å². The average Bonchev–Trinajstić information content (AvgIpc) is 2.97. The number of aromatic nitrogens is 2. The molecule has 8 heteroatoms. The standard InChI is InChI=1S/C16H20ClN5OS/c1-10-6-5-7-11(2)22(10)16-21-20-15(24-16)19-14(23)18-13-9-4-3-8-12(13)17/h3-4,8-11H,5-7H2,1-2H3,(H2,18,19,20,23)/t10-,11-/m1/s1. The normalized spacial score (nSPS) is 20.7. The number of para-hydroxylation sites is 1. The molecule has 0 radical (unpaired) electrons. The third-order valence-electron chi connectivity index (χ3n) is 4.17. The minimum atomic E-state index is -0.384. The van der Waals surface area contributed by atoms with Crippen molar-refractivity contribution in [2.45, 2.75) is 45.2 Å². The monoisotopic (exact) mass is 365 g/mol. The van der Waals surface area contributed by atoms with Crippen LogP contribution in [0.2, 0.25) is 5.02 Å². The van der Waals surface area contributed by atoms with Gasteiger partial charge in [0.2, 0.25) is 10.3 Å². The zero-order valence-electron chi connectivity index (χ0n) is 13.6. The van der Waals surface area contributed by atoms with Crippen molar-refractivity contribution in [2.24, 2.45) is 0 Å². The molecule has 3 rings (SSSR count). The summed E-state index contributed by atoms with van der Waals surface area (Å²) >= 11 is 7.42. The van der Waals surface area contributed by atoms with Crippen molar-refractivity contribution < 1.29 is 4.79 Å². The molecule has 2 aromatic rings. The van der Waals surface area contributed by atoms with E-state index in [0.717, 1.165) is 18.0 Å². The number of anilines is 3. The third kappa shape index (κ3) is 3.79. The summed E-state index contributed by atoms with van der Waals surface area (Å²) in [5.74, 6) is 0. The summed E-state index contributed by atoms with van der Waals surface area (Å²) in [4.78, 5) is 14.4. The van der Waals surface area contributed by atoms with Crippen LogP contribution in [-0.2, 0) is 0 Å². The number of halogens is 1. The van der Waals surface area contributed by atoms with Crippen molar-refractivity contribution in [3.63, 3.8) is 0 Å². The molecule has 1 saturated heterocycles. The fraction of sp³-hybridized carbons (Fsp3) is 0.438. The quantitative estimate of drug-likeness (QED) is 0.833. The molecular formula is C16H20ClN5OS. The third-order valence-corrected chi connectivity index (χ3v) is 5.35. The molecule has 24 heavy (non-hydrogen) atoms. The van der Waals surface area contributed by atoms with Crippen LogP contribution in [-0.4, -0.2) is 28.3 Å². The molecule has 2 N–H and O–H groups in total. The molecule has 2 amide bonds. The lowest BCUT2D eigenvalue weighted by Crippen LogP contribution is -2.43. The van der Waals surface area contributed by atoms with Crippen molar-refractivity contribution in [1.82, 2.24) is 10.2 Å². The molecule has 0 aliphatic carbocycles. The van der Waals surface area contributed by atoms with Crippen LogP contribution in [0.25, 0.3) is 0 Å². The van der Waals surface area contributed by atoms with Gasteiger partial charge in [-0.15, -0.1) is 10.2 Å². The molecule has 0 spiro atoms. The number of carbonyl (C=O) groups excluding carboxylic acids is 1. The lowest BCUT2D eigenvalue weighted by atomic mass is 9.98. The number of nitrogens with zero attached hydrogens (tertiary/aromatic N) is 3. The summed E-state index contributed by atoms with van der Waals surface area (Å²) in [5.41, 5.74) is 0.555. The molecule has 1 aliphatic rings. The van der Waals surface area contributed by atoms with Crippen molar-refractivity contribution >= 4 is 44.9 Å². The number of urea groups is 1. The van der Waals surface area contributed by atoms with Crippen LogP contribution in [0.4, 0.5) is 20.7 Å². The Labute approximate surface area is 150 Å². The highest BCUT2D eigenvalue weighted by molar-refractivity contribution is 7.19. The highest BCUT2D eigenvalue weighted by atomic mass is 35.5. The first kappa shape index (κ1) is 17.0. The van der Waals surface area contributed by atoms with E-state index >= 15 is 0 Å². The summed E-state index contributed by atoms with van der Waals surface area (Å²) in [6.45, 7) is 4.41.